The van der Waals surface area contributed by atoms with Crippen molar-refractivity contribution in [2.45, 2.75) is 26.4 Å². The van der Waals surface area contributed by atoms with Gasteiger partial charge in [0.1, 0.15) is 11.3 Å². The Morgan fingerprint density at radius 2 is 2.25 bits per heavy atom. The van der Waals surface area contributed by atoms with Crippen LogP contribution in [0.1, 0.15) is 19.4 Å². The standard InChI is InChI=1S/C14H16ClN5/c1-9(2)16-7-10-8-17-19-12(10)13-14(15)18-11-5-3-4-6-20(11)13/h3-6,8-9,16H,7H2,1-2H3,(H,17,19). The zero-order valence-corrected chi connectivity index (χ0v) is 12.1. The van der Waals surface area contributed by atoms with Gasteiger partial charge < -0.3 is 5.32 Å². The molecule has 2 N–H and O–H groups in total. The van der Waals surface area contributed by atoms with Gasteiger partial charge >= 0.3 is 0 Å². The van der Waals surface area contributed by atoms with Crippen molar-refractivity contribution in [3.63, 3.8) is 0 Å². The summed E-state index contributed by atoms with van der Waals surface area (Å²) in [6.07, 6.45) is 3.77. The SMILES string of the molecule is CC(C)NCc1cn[nH]c1-c1c(Cl)nc2ccccn12. The first kappa shape index (κ1) is 13.1. The van der Waals surface area contributed by atoms with Crippen molar-refractivity contribution in [1.29, 1.82) is 0 Å². The maximum absolute atomic E-state index is 6.29. The second-order valence-electron chi connectivity index (χ2n) is 4.99. The Balaban J connectivity index is 2.07. The van der Waals surface area contributed by atoms with E-state index in [1.807, 2.05) is 35.0 Å². The van der Waals surface area contributed by atoms with Gasteiger partial charge in [0.2, 0.25) is 0 Å². The summed E-state index contributed by atoms with van der Waals surface area (Å²) in [7, 11) is 0. The third kappa shape index (κ3) is 2.30. The topological polar surface area (TPSA) is 58.0 Å². The van der Waals surface area contributed by atoms with Crippen LogP contribution in [-0.2, 0) is 6.54 Å². The molecule has 5 nitrogen and oxygen atoms in total. The molecule has 0 saturated heterocycles. The molecule has 0 saturated carbocycles. The lowest BCUT2D eigenvalue weighted by Gasteiger charge is -2.08. The Morgan fingerprint density at radius 1 is 1.40 bits per heavy atom. The number of hydrogen-bond acceptors (Lipinski definition) is 3. The molecule has 3 aromatic rings. The first-order valence-electron chi connectivity index (χ1n) is 6.55. The minimum absolute atomic E-state index is 0.412. The van der Waals surface area contributed by atoms with Crippen LogP contribution in [0.2, 0.25) is 5.15 Å². The van der Waals surface area contributed by atoms with E-state index >= 15 is 0 Å². The summed E-state index contributed by atoms with van der Waals surface area (Å²) in [4.78, 5) is 4.37. The summed E-state index contributed by atoms with van der Waals surface area (Å²) in [6, 6.07) is 6.24. The van der Waals surface area contributed by atoms with Crippen LogP contribution in [0.25, 0.3) is 17.0 Å². The molecule has 0 aliphatic heterocycles. The molecule has 0 fully saturated rings. The lowest BCUT2D eigenvalue weighted by atomic mass is 10.2. The summed E-state index contributed by atoms with van der Waals surface area (Å²) >= 11 is 6.29. The molecule has 3 heterocycles. The summed E-state index contributed by atoms with van der Waals surface area (Å²) < 4.78 is 1.97. The van der Waals surface area contributed by atoms with Crippen molar-refractivity contribution >= 4 is 17.2 Å². The molecule has 0 aromatic carbocycles. The third-order valence-electron chi connectivity index (χ3n) is 3.14. The molecule has 20 heavy (non-hydrogen) atoms. The number of rotatable bonds is 4. The van der Waals surface area contributed by atoms with Gasteiger partial charge in [0.15, 0.2) is 5.15 Å². The molecule has 0 amide bonds. The molecule has 0 spiro atoms. The number of imidazole rings is 1. The summed E-state index contributed by atoms with van der Waals surface area (Å²) in [5, 5.41) is 11.0. The smallest absolute Gasteiger partial charge is 0.157 e. The fourth-order valence-electron chi connectivity index (χ4n) is 2.16. The lowest BCUT2D eigenvalue weighted by Crippen LogP contribution is -2.21. The molecular formula is C14H16ClN5. The number of nitrogens with zero attached hydrogens (tertiary/aromatic N) is 3. The minimum atomic E-state index is 0.412. The van der Waals surface area contributed by atoms with E-state index in [2.05, 4.69) is 34.3 Å². The Hall–Kier alpha value is -1.85. The first-order valence-corrected chi connectivity index (χ1v) is 6.93. The van der Waals surface area contributed by atoms with Crippen LogP contribution in [-0.4, -0.2) is 25.6 Å². The second kappa shape index (κ2) is 5.26. The molecule has 0 bridgehead atoms. The van der Waals surface area contributed by atoms with E-state index in [1.165, 1.54) is 0 Å². The van der Waals surface area contributed by atoms with E-state index < -0.39 is 0 Å². The van der Waals surface area contributed by atoms with Gasteiger partial charge in [0, 0.05) is 24.3 Å². The van der Waals surface area contributed by atoms with E-state index in [0.717, 1.165) is 29.1 Å². The molecule has 6 heteroatoms. The van der Waals surface area contributed by atoms with Gasteiger partial charge in [0.05, 0.1) is 11.9 Å². The molecule has 0 aliphatic carbocycles. The molecule has 104 valence electrons. The highest BCUT2D eigenvalue weighted by molar-refractivity contribution is 6.32. The van der Waals surface area contributed by atoms with E-state index in [9.17, 15) is 0 Å². The van der Waals surface area contributed by atoms with Crippen LogP contribution < -0.4 is 5.32 Å². The largest absolute Gasteiger partial charge is 0.310 e. The highest BCUT2D eigenvalue weighted by Gasteiger charge is 2.17. The van der Waals surface area contributed by atoms with Crippen molar-refractivity contribution in [3.8, 4) is 11.4 Å². The molecule has 0 radical (unpaired) electrons. The van der Waals surface area contributed by atoms with E-state index in [4.69, 9.17) is 11.6 Å². The van der Waals surface area contributed by atoms with Gasteiger partial charge in [-0.2, -0.15) is 5.10 Å². The zero-order valence-electron chi connectivity index (χ0n) is 11.4. The number of aromatic amines is 1. The Labute approximate surface area is 122 Å². The third-order valence-corrected chi connectivity index (χ3v) is 3.41. The fourth-order valence-corrected chi connectivity index (χ4v) is 2.43. The maximum Gasteiger partial charge on any atom is 0.157 e. The van der Waals surface area contributed by atoms with Crippen LogP contribution in [0.5, 0.6) is 0 Å². The number of aromatic nitrogens is 4. The number of halogens is 1. The fraction of sp³-hybridized carbons (Fsp3) is 0.286. The summed E-state index contributed by atoms with van der Waals surface area (Å²) in [5.74, 6) is 0. The van der Waals surface area contributed by atoms with Crippen molar-refractivity contribution in [2.24, 2.45) is 0 Å². The molecule has 0 aliphatic rings. The monoisotopic (exact) mass is 289 g/mol. The van der Waals surface area contributed by atoms with Crippen molar-refractivity contribution < 1.29 is 0 Å². The number of fused-ring (bicyclic) bond motifs is 1. The van der Waals surface area contributed by atoms with Crippen LogP contribution in [0.3, 0.4) is 0 Å². The number of H-pyrrole nitrogens is 1. The maximum atomic E-state index is 6.29. The zero-order chi connectivity index (χ0) is 14.1. The average molecular weight is 290 g/mol. The molecule has 3 aromatic heterocycles. The second-order valence-corrected chi connectivity index (χ2v) is 5.34. The quantitative estimate of drug-likeness (QED) is 0.776. The predicted molar refractivity (Wildman–Crippen MR) is 79.8 cm³/mol. The normalized spacial score (nSPS) is 11.6. The Kier molecular flexibility index (Phi) is 3.46. The number of hydrogen-bond donors (Lipinski definition) is 2. The van der Waals surface area contributed by atoms with Crippen LogP contribution in [0.4, 0.5) is 0 Å². The van der Waals surface area contributed by atoms with Crippen LogP contribution in [0.15, 0.2) is 30.6 Å². The van der Waals surface area contributed by atoms with Crippen LogP contribution >= 0.6 is 11.6 Å². The minimum Gasteiger partial charge on any atom is -0.310 e. The highest BCUT2D eigenvalue weighted by atomic mass is 35.5. The van der Waals surface area contributed by atoms with E-state index in [0.29, 0.717) is 11.2 Å². The van der Waals surface area contributed by atoms with Crippen molar-refractivity contribution in [1.82, 2.24) is 24.9 Å². The summed E-state index contributed by atoms with van der Waals surface area (Å²) in [6.45, 7) is 4.96. The van der Waals surface area contributed by atoms with Crippen molar-refractivity contribution in [3.05, 3.63) is 41.3 Å². The summed E-state index contributed by atoms with van der Waals surface area (Å²) in [5.41, 5.74) is 3.65. The van der Waals surface area contributed by atoms with Gasteiger partial charge in [-0.25, -0.2) is 4.98 Å². The highest BCUT2D eigenvalue weighted by Crippen LogP contribution is 2.29. The van der Waals surface area contributed by atoms with E-state index in [-0.39, 0.29) is 0 Å². The van der Waals surface area contributed by atoms with E-state index in [1.54, 1.807) is 0 Å². The van der Waals surface area contributed by atoms with Gasteiger partial charge in [-0.3, -0.25) is 9.50 Å². The van der Waals surface area contributed by atoms with Gasteiger partial charge in [-0.05, 0) is 12.1 Å². The first-order chi connectivity index (χ1) is 9.66. The molecule has 0 atom stereocenters. The number of nitrogens with one attached hydrogen (secondary N) is 2. The van der Waals surface area contributed by atoms with Crippen LogP contribution in [0, 0.1) is 0 Å². The van der Waals surface area contributed by atoms with Crippen molar-refractivity contribution in [2.75, 3.05) is 0 Å². The lowest BCUT2D eigenvalue weighted by molar-refractivity contribution is 0.589. The Morgan fingerprint density at radius 3 is 3.05 bits per heavy atom. The van der Waals surface area contributed by atoms with Gasteiger partial charge in [-0.15, -0.1) is 0 Å². The van der Waals surface area contributed by atoms with Gasteiger partial charge in [0.25, 0.3) is 0 Å². The Bertz CT molecular complexity index is 728. The predicted octanol–water partition coefficient (Wildman–Crippen LogP) is 2.88. The molecule has 0 unspecified atom stereocenters. The van der Waals surface area contributed by atoms with Gasteiger partial charge in [-0.1, -0.05) is 31.5 Å². The molecule has 3 rings (SSSR count). The average Bonchev–Trinajstić information content (AvgIpc) is 2.98. The molecular weight excluding hydrogens is 274 g/mol. The number of pyridine rings is 1.